The van der Waals surface area contributed by atoms with Crippen LogP contribution in [0.5, 0.6) is 0 Å². The van der Waals surface area contributed by atoms with Gasteiger partial charge in [-0.1, -0.05) is 13.8 Å². The normalized spacial score (nSPS) is 17.2. The van der Waals surface area contributed by atoms with E-state index in [1.54, 1.807) is 17.6 Å². The second kappa shape index (κ2) is 9.43. The minimum Gasteiger partial charge on any atom is -0.383 e. The number of piperazine rings is 1. The third kappa shape index (κ3) is 4.56. The van der Waals surface area contributed by atoms with Gasteiger partial charge in [-0.3, -0.25) is 14.1 Å². The lowest BCUT2D eigenvalue weighted by Crippen LogP contribution is -2.52. The van der Waals surface area contributed by atoms with Gasteiger partial charge < -0.3 is 14.0 Å². The highest BCUT2D eigenvalue weighted by molar-refractivity contribution is 5.67. The van der Waals surface area contributed by atoms with Crippen molar-refractivity contribution in [1.29, 1.82) is 0 Å². The molecule has 1 aliphatic rings. The summed E-state index contributed by atoms with van der Waals surface area (Å²) < 4.78 is 8.94. The third-order valence-electron chi connectivity index (χ3n) is 6.97. The van der Waals surface area contributed by atoms with Gasteiger partial charge >= 0.3 is 0 Å². The largest absolute Gasteiger partial charge is 0.383 e. The topological polar surface area (TPSA) is 67.4 Å². The van der Waals surface area contributed by atoms with E-state index in [1.165, 1.54) is 0 Å². The molecule has 0 amide bonds. The molecule has 0 unspecified atom stereocenters. The van der Waals surface area contributed by atoms with Crippen LogP contribution in [-0.4, -0.2) is 69.6 Å². The summed E-state index contributed by atoms with van der Waals surface area (Å²) in [4.78, 5) is 27.5. The molecule has 0 aromatic carbocycles. The molecule has 4 aromatic heterocycles. The van der Waals surface area contributed by atoms with Gasteiger partial charge in [0.15, 0.2) is 0 Å². The molecule has 0 saturated carbocycles. The molecule has 1 saturated heterocycles. The zero-order valence-corrected chi connectivity index (χ0v) is 21.2. The molecular weight excluding hydrogens is 440 g/mol. The van der Waals surface area contributed by atoms with Gasteiger partial charge in [-0.15, -0.1) is 0 Å². The van der Waals surface area contributed by atoms with Gasteiger partial charge in [0.25, 0.3) is 5.56 Å². The highest BCUT2D eigenvalue weighted by Crippen LogP contribution is 2.27. The predicted octanol–water partition coefficient (Wildman–Crippen LogP) is 3.60. The van der Waals surface area contributed by atoms with Crippen molar-refractivity contribution < 1.29 is 4.74 Å². The van der Waals surface area contributed by atoms with Crippen molar-refractivity contribution in [2.24, 2.45) is 0 Å². The van der Waals surface area contributed by atoms with Gasteiger partial charge in [-0.25, -0.2) is 9.97 Å². The first-order valence-corrected chi connectivity index (χ1v) is 12.3. The Bertz CT molecular complexity index is 1420. The van der Waals surface area contributed by atoms with Crippen LogP contribution in [0.3, 0.4) is 0 Å². The lowest BCUT2D eigenvalue weighted by Gasteiger charge is -2.40. The lowest BCUT2D eigenvalue weighted by atomic mass is 10.0. The summed E-state index contributed by atoms with van der Waals surface area (Å²) in [5.74, 6) is 0.306. The van der Waals surface area contributed by atoms with E-state index in [0.717, 1.165) is 60.9 Å². The number of aromatic nitrogens is 4. The Labute approximate surface area is 205 Å². The summed E-state index contributed by atoms with van der Waals surface area (Å²) in [6, 6.07) is 8.20. The minimum atomic E-state index is -0.0772. The van der Waals surface area contributed by atoms with Crippen molar-refractivity contribution in [2.45, 2.75) is 39.7 Å². The van der Waals surface area contributed by atoms with E-state index in [-0.39, 0.29) is 5.56 Å². The summed E-state index contributed by atoms with van der Waals surface area (Å²) in [5.41, 5.74) is 6.29. The molecule has 0 radical (unpaired) electrons. The molecule has 35 heavy (non-hydrogen) atoms. The molecule has 1 fully saturated rings. The summed E-state index contributed by atoms with van der Waals surface area (Å²) >= 11 is 0. The van der Waals surface area contributed by atoms with Crippen LogP contribution in [0.25, 0.3) is 22.6 Å². The standard InChI is InChI=1S/C27H34N6O2/c1-18(2)23-12-21(16-32-14-19(3)28-27(23)32)24-13-26(34)33-17-22(6-7-25(33)29-24)31-9-8-30(10-11-35-5)20(4)15-31/h6-7,12-14,16-18,20H,8-11,15H2,1-5H3/t20-/m0/s1. The van der Waals surface area contributed by atoms with Crippen LogP contribution in [0.2, 0.25) is 0 Å². The molecule has 1 aliphatic heterocycles. The summed E-state index contributed by atoms with van der Waals surface area (Å²) in [6.07, 6.45) is 5.95. The zero-order chi connectivity index (χ0) is 24.7. The highest BCUT2D eigenvalue weighted by Gasteiger charge is 2.24. The highest BCUT2D eigenvalue weighted by atomic mass is 16.5. The van der Waals surface area contributed by atoms with Crippen molar-refractivity contribution in [3.8, 4) is 11.3 Å². The van der Waals surface area contributed by atoms with Crippen LogP contribution in [0, 0.1) is 6.92 Å². The summed E-state index contributed by atoms with van der Waals surface area (Å²) in [7, 11) is 1.74. The number of fused-ring (bicyclic) bond motifs is 2. The molecule has 0 spiro atoms. The van der Waals surface area contributed by atoms with E-state index in [0.29, 0.717) is 23.3 Å². The van der Waals surface area contributed by atoms with E-state index in [2.05, 4.69) is 47.7 Å². The molecule has 5 rings (SSSR count). The Morgan fingerprint density at radius 2 is 1.94 bits per heavy atom. The Hall–Kier alpha value is -3.23. The minimum absolute atomic E-state index is 0.0772. The Morgan fingerprint density at radius 3 is 2.69 bits per heavy atom. The molecule has 184 valence electrons. The van der Waals surface area contributed by atoms with Crippen LogP contribution >= 0.6 is 0 Å². The first-order valence-electron chi connectivity index (χ1n) is 12.3. The van der Waals surface area contributed by atoms with Gasteiger partial charge in [0.2, 0.25) is 0 Å². The number of hydrogen-bond acceptors (Lipinski definition) is 6. The van der Waals surface area contributed by atoms with Crippen molar-refractivity contribution in [3.63, 3.8) is 0 Å². The van der Waals surface area contributed by atoms with Crippen LogP contribution < -0.4 is 10.5 Å². The number of aryl methyl sites for hydroxylation is 1. The average Bonchev–Trinajstić information content (AvgIpc) is 3.22. The maximum Gasteiger partial charge on any atom is 0.258 e. The zero-order valence-electron chi connectivity index (χ0n) is 21.2. The second-order valence-corrected chi connectivity index (χ2v) is 9.87. The van der Waals surface area contributed by atoms with Crippen molar-refractivity contribution in [1.82, 2.24) is 23.7 Å². The fourth-order valence-electron chi connectivity index (χ4n) is 5.01. The van der Waals surface area contributed by atoms with E-state index >= 15 is 0 Å². The van der Waals surface area contributed by atoms with Gasteiger partial charge in [0.05, 0.1) is 23.7 Å². The second-order valence-electron chi connectivity index (χ2n) is 9.87. The van der Waals surface area contributed by atoms with E-state index < -0.39 is 0 Å². The summed E-state index contributed by atoms with van der Waals surface area (Å²) in [6.45, 7) is 13.1. The molecule has 8 nitrogen and oxygen atoms in total. The maximum atomic E-state index is 13.2. The van der Waals surface area contributed by atoms with Gasteiger partial charge in [-0.05, 0) is 43.5 Å². The molecule has 8 heteroatoms. The molecule has 5 heterocycles. The fourth-order valence-corrected chi connectivity index (χ4v) is 5.01. The van der Waals surface area contributed by atoms with Gasteiger partial charge in [0, 0.05) is 69.6 Å². The van der Waals surface area contributed by atoms with Crippen LogP contribution in [-0.2, 0) is 4.74 Å². The molecular formula is C27H34N6O2. The Balaban J connectivity index is 1.47. The van der Waals surface area contributed by atoms with E-state index in [1.807, 2.05) is 36.0 Å². The first-order chi connectivity index (χ1) is 16.8. The van der Waals surface area contributed by atoms with Crippen molar-refractivity contribution >= 4 is 17.0 Å². The average molecular weight is 475 g/mol. The number of imidazole rings is 1. The molecule has 4 aromatic rings. The van der Waals surface area contributed by atoms with Crippen molar-refractivity contribution in [3.05, 3.63) is 64.5 Å². The monoisotopic (exact) mass is 474 g/mol. The number of rotatable bonds is 6. The quantitative estimate of drug-likeness (QED) is 0.425. The lowest BCUT2D eigenvalue weighted by molar-refractivity contribution is 0.117. The molecule has 0 N–H and O–H groups in total. The van der Waals surface area contributed by atoms with Gasteiger partial charge in [0.1, 0.15) is 11.3 Å². The number of pyridine rings is 2. The maximum absolute atomic E-state index is 13.2. The molecule has 1 atom stereocenters. The first kappa shape index (κ1) is 23.5. The number of ether oxygens (including phenoxy) is 1. The predicted molar refractivity (Wildman–Crippen MR) is 140 cm³/mol. The molecule has 0 aliphatic carbocycles. The SMILES string of the molecule is COCCN1CCN(c2ccc3nc(-c4cc(C(C)C)c5nc(C)cn5c4)cc(=O)n3c2)C[C@@H]1C. The Kier molecular flexibility index (Phi) is 6.34. The number of hydrogen-bond donors (Lipinski definition) is 0. The van der Waals surface area contributed by atoms with Crippen LogP contribution in [0.1, 0.15) is 37.9 Å². The smallest absolute Gasteiger partial charge is 0.258 e. The Morgan fingerprint density at radius 1 is 1.11 bits per heavy atom. The van der Waals surface area contributed by atoms with Crippen LogP contribution in [0.15, 0.2) is 47.7 Å². The molecule has 0 bridgehead atoms. The van der Waals surface area contributed by atoms with E-state index in [9.17, 15) is 4.79 Å². The number of nitrogens with zero attached hydrogens (tertiary/aromatic N) is 6. The van der Waals surface area contributed by atoms with Crippen LogP contribution in [0.4, 0.5) is 5.69 Å². The fraction of sp³-hybridized carbons (Fsp3) is 0.444. The van der Waals surface area contributed by atoms with E-state index in [4.69, 9.17) is 9.72 Å². The number of methoxy groups -OCH3 is 1. The third-order valence-corrected chi connectivity index (χ3v) is 6.97. The summed E-state index contributed by atoms with van der Waals surface area (Å²) in [5, 5.41) is 0. The number of anilines is 1. The van der Waals surface area contributed by atoms with Crippen molar-refractivity contribution in [2.75, 3.05) is 44.8 Å². The van der Waals surface area contributed by atoms with Gasteiger partial charge in [-0.2, -0.15) is 0 Å².